The number of morpholine rings is 1. The third-order valence-corrected chi connectivity index (χ3v) is 2.91. The molecule has 96 valence electrons. The molecule has 1 fully saturated rings. The number of likely N-dealkylation sites (N-methyl/N-ethyl adjacent to an activating group) is 1. The number of rotatable bonds is 5. The highest BCUT2D eigenvalue weighted by molar-refractivity contribution is 4.92. The van der Waals surface area contributed by atoms with Crippen molar-refractivity contribution in [1.29, 1.82) is 0 Å². The summed E-state index contributed by atoms with van der Waals surface area (Å²) in [6, 6.07) is 0. The number of aryl methyl sites for hydroxylation is 1. The highest BCUT2D eigenvalue weighted by Gasteiger charge is 2.18. The van der Waals surface area contributed by atoms with Gasteiger partial charge in [0.05, 0.1) is 24.9 Å². The van der Waals surface area contributed by atoms with E-state index in [1.54, 1.807) is 0 Å². The van der Waals surface area contributed by atoms with Gasteiger partial charge in [-0.15, -0.1) is 5.10 Å². The molecule has 1 aromatic rings. The number of aromatic nitrogens is 3. The second kappa shape index (κ2) is 6.09. The Balaban J connectivity index is 1.83. The molecule has 0 spiro atoms. The molecule has 1 aliphatic rings. The molecule has 6 heteroatoms. The highest BCUT2D eigenvalue weighted by Crippen LogP contribution is 2.06. The first-order chi connectivity index (χ1) is 8.28. The number of hydrogen-bond acceptors (Lipinski definition) is 5. The summed E-state index contributed by atoms with van der Waals surface area (Å²) in [4.78, 5) is 2.26. The van der Waals surface area contributed by atoms with Crippen molar-refractivity contribution >= 4 is 0 Å². The van der Waals surface area contributed by atoms with Gasteiger partial charge in [0.25, 0.3) is 0 Å². The first-order valence-electron chi connectivity index (χ1n) is 6.08. The van der Waals surface area contributed by atoms with E-state index in [1.807, 2.05) is 10.9 Å². The van der Waals surface area contributed by atoms with Crippen LogP contribution in [0.25, 0.3) is 0 Å². The zero-order chi connectivity index (χ0) is 12.1. The third kappa shape index (κ3) is 3.76. The standard InChI is InChI=1S/C11H20N4O2/c1-14-4-6-17-11(8-14)9-15-7-10(12-13-15)3-2-5-16/h7,11,16H,2-6,8-9H2,1H3. The third-order valence-electron chi connectivity index (χ3n) is 2.91. The lowest BCUT2D eigenvalue weighted by Crippen LogP contribution is -2.42. The fraction of sp³-hybridized carbons (Fsp3) is 0.818. The second-order valence-electron chi connectivity index (χ2n) is 4.51. The average Bonchev–Trinajstić information content (AvgIpc) is 2.74. The summed E-state index contributed by atoms with van der Waals surface area (Å²) in [6.07, 6.45) is 3.65. The molecule has 6 nitrogen and oxygen atoms in total. The molecule has 0 aromatic carbocycles. The molecular weight excluding hydrogens is 220 g/mol. The smallest absolute Gasteiger partial charge is 0.0898 e. The largest absolute Gasteiger partial charge is 0.396 e. The van der Waals surface area contributed by atoms with Gasteiger partial charge in [-0.2, -0.15) is 0 Å². The maximum atomic E-state index is 8.74. The maximum absolute atomic E-state index is 8.74. The summed E-state index contributed by atoms with van der Waals surface area (Å²) in [5, 5.41) is 16.9. The van der Waals surface area contributed by atoms with Gasteiger partial charge in [-0.3, -0.25) is 0 Å². The zero-order valence-electron chi connectivity index (χ0n) is 10.2. The van der Waals surface area contributed by atoms with Crippen LogP contribution in [0.5, 0.6) is 0 Å². The van der Waals surface area contributed by atoms with E-state index in [2.05, 4.69) is 22.3 Å². The Morgan fingerprint density at radius 1 is 1.59 bits per heavy atom. The summed E-state index contributed by atoms with van der Waals surface area (Å²) in [5.41, 5.74) is 0.934. The van der Waals surface area contributed by atoms with Gasteiger partial charge in [0.1, 0.15) is 0 Å². The molecule has 1 atom stereocenters. The number of ether oxygens (including phenoxy) is 1. The fourth-order valence-corrected chi connectivity index (χ4v) is 1.99. The molecule has 0 radical (unpaired) electrons. The fourth-order valence-electron chi connectivity index (χ4n) is 1.99. The van der Waals surface area contributed by atoms with Gasteiger partial charge in [0.15, 0.2) is 0 Å². The van der Waals surface area contributed by atoms with E-state index in [-0.39, 0.29) is 12.7 Å². The Bertz CT molecular complexity index is 342. The first-order valence-corrected chi connectivity index (χ1v) is 6.08. The molecule has 1 unspecified atom stereocenters. The number of aliphatic hydroxyl groups is 1. The van der Waals surface area contributed by atoms with Crippen LogP contribution in [0.3, 0.4) is 0 Å². The summed E-state index contributed by atoms with van der Waals surface area (Å²) >= 11 is 0. The van der Waals surface area contributed by atoms with E-state index in [4.69, 9.17) is 9.84 Å². The molecule has 0 bridgehead atoms. The van der Waals surface area contributed by atoms with Crippen molar-refractivity contribution in [3.8, 4) is 0 Å². The Morgan fingerprint density at radius 3 is 3.24 bits per heavy atom. The van der Waals surface area contributed by atoms with Gasteiger partial charge in [-0.25, -0.2) is 4.68 Å². The first kappa shape index (κ1) is 12.5. The van der Waals surface area contributed by atoms with Gasteiger partial charge in [0, 0.05) is 25.9 Å². The molecule has 0 saturated carbocycles. The van der Waals surface area contributed by atoms with Gasteiger partial charge in [0.2, 0.25) is 0 Å². The highest BCUT2D eigenvalue weighted by atomic mass is 16.5. The van der Waals surface area contributed by atoms with Crippen LogP contribution in [0, 0.1) is 0 Å². The molecule has 1 saturated heterocycles. The van der Waals surface area contributed by atoms with Crippen molar-refractivity contribution < 1.29 is 9.84 Å². The van der Waals surface area contributed by atoms with Crippen LogP contribution >= 0.6 is 0 Å². The van der Waals surface area contributed by atoms with E-state index < -0.39 is 0 Å². The summed E-state index contributed by atoms with van der Waals surface area (Å²) in [7, 11) is 2.10. The van der Waals surface area contributed by atoms with Crippen LogP contribution < -0.4 is 0 Å². The summed E-state index contributed by atoms with van der Waals surface area (Å²) < 4.78 is 7.50. The van der Waals surface area contributed by atoms with Crippen molar-refractivity contribution in [3.63, 3.8) is 0 Å². The summed E-state index contributed by atoms with van der Waals surface area (Å²) in [5.74, 6) is 0. The minimum absolute atomic E-state index is 0.196. The Hall–Kier alpha value is -0.980. The lowest BCUT2D eigenvalue weighted by Gasteiger charge is -2.29. The number of nitrogens with zero attached hydrogens (tertiary/aromatic N) is 4. The SMILES string of the molecule is CN1CCOC(Cn2cc(CCCO)nn2)C1. The molecular formula is C11H20N4O2. The van der Waals surface area contributed by atoms with Gasteiger partial charge in [-0.05, 0) is 19.9 Å². The summed E-state index contributed by atoms with van der Waals surface area (Å²) in [6.45, 7) is 3.66. The predicted molar refractivity (Wildman–Crippen MR) is 62.7 cm³/mol. The normalized spacial score (nSPS) is 21.9. The van der Waals surface area contributed by atoms with Crippen LogP contribution in [0.1, 0.15) is 12.1 Å². The van der Waals surface area contributed by atoms with Crippen LogP contribution in [0.2, 0.25) is 0 Å². The van der Waals surface area contributed by atoms with Gasteiger partial charge >= 0.3 is 0 Å². The van der Waals surface area contributed by atoms with Crippen LogP contribution in [-0.4, -0.2) is 64.5 Å². The maximum Gasteiger partial charge on any atom is 0.0898 e. The monoisotopic (exact) mass is 240 g/mol. The topological polar surface area (TPSA) is 63.4 Å². The number of hydrogen-bond donors (Lipinski definition) is 1. The molecule has 17 heavy (non-hydrogen) atoms. The van der Waals surface area contributed by atoms with Crippen molar-refractivity contribution in [2.24, 2.45) is 0 Å². The second-order valence-corrected chi connectivity index (χ2v) is 4.51. The molecule has 2 heterocycles. The van der Waals surface area contributed by atoms with E-state index >= 15 is 0 Å². The molecule has 1 aliphatic heterocycles. The molecule has 2 rings (SSSR count). The van der Waals surface area contributed by atoms with E-state index in [0.29, 0.717) is 0 Å². The minimum atomic E-state index is 0.196. The lowest BCUT2D eigenvalue weighted by atomic mass is 10.2. The Morgan fingerprint density at radius 2 is 2.47 bits per heavy atom. The van der Waals surface area contributed by atoms with Gasteiger partial charge in [-0.1, -0.05) is 5.21 Å². The zero-order valence-corrected chi connectivity index (χ0v) is 10.2. The molecule has 0 aliphatic carbocycles. The predicted octanol–water partition coefficient (Wildman–Crippen LogP) is -0.466. The van der Waals surface area contributed by atoms with Crippen LogP contribution in [0.4, 0.5) is 0 Å². The quantitative estimate of drug-likeness (QED) is 0.754. The average molecular weight is 240 g/mol. The lowest BCUT2D eigenvalue weighted by molar-refractivity contribution is -0.0292. The Kier molecular flexibility index (Phi) is 4.47. The van der Waals surface area contributed by atoms with Crippen molar-refractivity contribution in [2.75, 3.05) is 33.4 Å². The van der Waals surface area contributed by atoms with Crippen molar-refractivity contribution in [2.45, 2.75) is 25.5 Å². The van der Waals surface area contributed by atoms with Crippen LogP contribution in [-0.2, 0) is 17.7 Å². The van der Waals surface area contributed by atoms with Crippen molar-refractivity contribution in [1.82, 2.24) is 19.9 Å². The van der Waals surface area contributed by atoms with E-state index in [9.17, 15) is 0 Å². The van der Waals surface area contributed by atoms with Crippen LogP contribution in [0.15, 0.2) is 6.20 Å². The van der Waals surface area contributed by atoms with Gasteiger partial charge < -0.3 is 14.7 Å². The minimum Gasteiger partial charge on any atom is -0.396 e. The molecule has 1 aromatic heterocycles. The van der Waals surface area contributed by atoms with Crippen molar-refractivity contribution in [3.05, 3.63) is 11.9 Å². The van der Waals surface area contributed by atoms with E-state index in [0.717, 1.165) is 44.8 Å². The molecule has 0 amide bonds. The van der Waals surface area contributed by atoms with E-state index in [1.165, 1.54) is 0 Å². The Labute approximate surface area is 101 Å². The number of aliphatic hydroxyl groups excluding tert-OH is 1. The molecule has 1 N–H and O–H groups in total.